The topological polar surface area (TPSA) is 27.7 Å². The van der Waals surface area contributed by atoms with Gasteiger partial charge in [-0.1, -0.05) is 77.1 Å². The van der Waals surface area contributed by atoms with Gasteiger partial charge in [0, 0.05) is 5.92 Å². The third-order valence-corrected chi connectivity index (χ3v) is 13.1. The van der Waals surface area contributed by atoms with Crippen molar-refractivity contribution in [2.45, 2.75) is 103 Å². The minimum absolute atomic E-state index is 0.0504. The van der Waals surface area contributed by atoms with Crippen molar-refractivity contribution < 1.29 is 13.9 Å². The van der Waals surface area contributed by atoms with Crippen LogP contribution in [0.1, 0.15) is 60.5 Å². The molecular weight excluding hydrogens is 412 g/mol. The maximum atomic E-state index is 7.23. The molecule has 2 bridgehead atoms. The van der Waals surface area contributed by atoms with Crippen LogP contribution in [0.3, 0.4) is 0 Å². The van der Waals surface area contributed by atoms with Crippen LogP contribution in [-0.2, 0) is 20.5 Å². The summed E-state index contributed by atoms with van der Waals surface area (Å²) in [7, 11) is -2.02. The van der Waals surface area contributed by atoms with E-state index in [1.54, 1.807) is 0 Å². The van der Waals surface area contributed by atoms with Gasteiger partial charge in [-0.05, 0) is 61.0 Å². The van der Waals surface area contributed by atoms with Gasteiger partial charge in [-0.25, -0.2) is 0 Å². The molecule has 5 atom stereocenters. The lowest BCUT2D eigenvalue weighted by atomic mass is 9.74. The zero-order valence-corrected chi connectivity index (χ0v) is 22.5. The molecule has 2 heterocycles. The van der Waals surface area contributed by atoms with Gasteiger partial charge in [-0.3, -0.25) is 0 Å². The quantitative estimate of drug-likeness (QED) is 0.340. The van der Waals surface area contributed by atoms with Gasteiger partial charge in [0.1, 0.15) is 11.7 Å². The van der Waals surface area contributed by atoms with Crippen LogP contribution in [0.5, 0.6) is 0 Å². The molecule has 1 fully saturated rings. The third-order valence-electron chi connectivity index (χ3n) is 8.63. The number of ether oxygens (including phenoxy) is 2. The molecule has 1 saturated heterocycles. The minimum Gasteiger partial charge on any atom is -0.407 e. The van der Waals surface area contributed by atoms with Gasteiger partial charge in [-0.15, -0.1) is 0 Å². The van der Waals surface area contributed by atoms with E-state index in [1.807, 2.05) is 0 Å². The van der Waals surface area contributed by atoms with Crippen LogP contribution < -0.4 is 0 Å². The van der Waals surface area contributed by atoms with Crippen molar-refractivity contribution in [3.05, 3.63) is 59.2 Å². The van der Waals surface area contributed by atoms with E-state index >= 15 is 0 Å². The van der Waals surface area contributed by atoms with E-state index in [0.717, 1.165) is 6.42 Å². The number of benzene rings is 1. The van der Waals surface area contributed by atoms with E-state index in [-0.39, 0.29) is 22.8 Å². The van der Waals surface area contributed by atoms with Gasteiger partial charge in [-0.2, -0.15) is 0 Å². The summed E-state index contributed by atoms with van der Waals surface area (Å²) in [6.45, 7) is 21.4. The van der Waals surface area contributed by atoms with Crippen LogP contribution in [-0.4, -0.2) is 31.7 Å². The Morgan fingerprint density at radius 1 is 1.12 bits per heavy atom. The van der Waals surface area contributed by atoms with Gasteiger partial charge in [0.05, 0.1) is 18.3 Å². The molecule has 1 aromatic rings. The molecule has 2 aliphatic heterocycles. The molecule has 0 saturated carbocycles. The maximum Gasteiger partial charge on any atom is 0.193 e. The fraction of sp³-hybridized carbons (Fsp3) is 0.643. The molecule has 1 aromatic carbocycles. The first-order chi connectivity index (χ1) is 14.8. The molecule has 3 aliphatic rings. The number of hydrogen-bond acceptors (Lipinski definition) is 3. The Kier molecular flexibility index (Phi) is 5.94. The summed E-state index contributed by atoms with van der Waals surface area (Å²) in [6, 6.07) is 10.5. The Balaban J connectivity index is 1.72. The van der Waals surface area contributed by atoms with Crippen molar-refractivity contribution in [3.63, 3.8) is 0 Å². The van der Waals surface area contributed by atoms with Crippen molar-refractivity contribution in [1.29, 1.82) is 0 Å². The molecule has 4 heteroatoms. The Morgan fingerprint density at radius 2 is 1.78 bits per heavy atom. The highest BCUT2D eigenvalue weighted by Gasteiger charge is 2.63. The second-order valence-corrected chi connectivity index (χ2v) is 16.9. The SMILES string of the molecule is CC1=C2[C@@H](C[C@@H]1OCc1ccccc1)[C@@]1(C)C=C[C@](C(C)C)(O1)[C@@H]2O[Si](C)(C)C(C)(C)C. The summed E-state index contributed by atoms with van der Waals surface area (Å²) >= 11 is 0. The highest BCUT2D eigenvalue weighted by molar-refractivity contribution is 6.74. The first-order valence-electron chi connectivity index (χ1n) is 12.3. The molecule has 4 rings (SSSR count). The maximum absolute atomic E-state index is 7.23. The van der Waals surface area contributed by atoms with E-state index in [0.29, 0.717) is 18.4 Å². The summed E-state index contributed by atoms with van der Waals surface area (Å²) in [5.41, 5.74) is 3.32. The van der Waals surface area contributed by atoms with E-state index in [2.05, 4.69) is 104 Å². The molecule has 0 N–H and O–H groups in total. The van der Waals surface area contributed by atoms with Crippen molar-refractivity contribution in [2.24, 2.45) is 11.8 Å². The highest BCUT2D eigenvalue weighted by atomic mass is 28.4. The molecule has 0 aromatic heterocycles. The van der Waals surface area contributed by atoms with Gasteiger partial charge in [0.2, 0.25) is 0 Å². The predicted octanol–water partition coefficient (Wildman–Crippen LogP) is 7.05. The molecular formula is C28H42O3Si. The molecule has 3 nitrogen and oxygen atoms in total. The van der Waals surface area contributed by atoms with Gasteiger partial charge in [0.25, 0.3) is 0 Å². The summed E-state index contributed by atoms with van der Waals surface area (Å²) in [6.07, 6.45) is 5.66. The van der Waals surface area contributed by atoms with Crippen molar-refractivity contribution in [1.82, 2.24) is 0 Å². The second-order valence-electron chi connectivity index (χ2n) is 12.1. The molecule has 0 unspecified atom stereocenters. The van der Waals surface area contributed by atoms with E-state index in [9.17, 15) is 0 Å². The number of hydrogen-bond donors (Lipinski definition) is 0. The zero-order valence-electron chi connectivity index (χ0n) is 21.5. The number of rotatable bonds is 6. The molecule has 176 valence electrons. The molecule has 1 aliphatic carbocycles. The average Bonchev–Trinajstić information content (AvgIpc) is 3.22. The van der Waals surface area contributed by atoms with Gasteiger partial charge in [0.15, 0.2) is 8.32 Å². The fourth-order valence-corrected chi connectivity index (χ4v) is 6.68. The van der Waals surface area contributed by atoms with Crippen LogP contribution in [0.2, 0.25) is 18.1 Å². The summed E-state index contributed by atoms with van der Waals surface area (Å²) in [4.78, 5) is 0. The monoisotopic (exact) mass is 454 g/mol. The summed E-state index contributed by atoms with van der Waals surface area (Å²) < 4.78 is 20.7. The molecule has 32 heavy (non-hydrogen) atoms. The minimum atomic E-state index is -2.02. The van der Waals surface area contributed by atoms with Crippen LogP contribution in [0, 0.1) is 11.8 Å². The first-order valence-corrected chi connectivity index (χ1v) is 15.2. The van der Waals surface area contributed by atoms with E-state index in [4.69, 9.17) is 13.9 Å². The Labute approximate surface area is 196 Å². The van der Waals surface area contributed by atoms with Crippen LogP contribution >= 0.6 is 0 Å². The molecule has 0 spiro atoms. The van der Waals surface area contributed by atoms with Crippen molar-refractivity contribution in [3.8, 4) is 0 Å². The molecule has 0 radical (unpaired) electrons. The zero-order chi connectivity index (χ0) is 23.5. The smallest absolute Gasteiger partial charge is 0.193 e. The lowest BCUT2D eigenvalue weighted by molar-refractivity contribution is -0.186. The Hall–Kier alpha value is -1.20. The Morgan fingerprint density at radius 3 is 2.38 bits per heavy atom. The van der Waals surface area contributed by atoms with E-state index in [1.165, 1.54) is 16.7 Å². The van der Waals surface area contributed by atoms with Crippen LogP contribution in [0.15, 0.2) is 53.6 Å². The normalized spacial score (nSPS) is 34.5. The lowest BCUT2D eigenvalue weighted by Gasteiger charge is -2.54. The lowest BCUT2D eigenvalue weighted by Crippen LogP contribution is -2.61. The Bertz CT molecular complexity index is 910. The summed E-state index contributed by atoms with van der Waals surface area (Å²) in [5, 5.41) is 0.139. The van der Waals surface area contributed by atoms with Gasteiger partial charge < -0.3 is 13.9 Å². The van der Waals surface area contributed by atoms with E-state index < -0.39 is 13.9 Å². The first kappa shape index (κ1) is 23.9. The largest absolute Gasteiger partial charge is 0.407 e. The van der Waals surface area contributed by atoms with Crippen LogP contribution in [0.4, 0.5) is 0 Å². The summed E-state index contributed by atoms with van der Waals surface area (Å²) in [5.74, 6) is 0.615. The van der Waals surface area contributed by atoms with Crippen LogP contribution in [0.25, 0.3) is 0 Å². The fourth-order valence-electron chi connectivity index (χ4n) is 5.43. The average molecular weight is 455 g/mol. The van der Waals surface area contributed by atoms with Crippen molar-refractivity contribution in [2.75, 3.05) is 0 Å². The predicted molar refractivity (Wildman–Crippen MR) is 134 cm³/mol. The standard InChI is InChI=1S/C28H42O3Si/c1-19(2)28-16-15-27(7,31-28)22-17-23(29-18-21-13-11-10-12-14-21)20(3)24(22)25(28)30-32(8,9)26(4,5)6/h10-16,19,22-23,25H,17-18H2,1-9H3/t22-,23+,25-,27-,28-/m1/s1. The van der Waals surface area contributed by atoms with Crippen molar-refractivity contribution >= 4 is 8.32 Å². The highest BCUT2D eigenvalue weighted by Crippen LogP contribution is 2.59. The molecule has 0 amide bonds. The van der Waals surface area contributed by atoms with Gasteiger partial charge >= 0.3 is 0 Å². The number of fused-ring (bicyclic) bond motifs is 4. The second kappa shape index (κ2) is 7.94. The third kappa shape index (κ3) is 3.77.